The highest BCUT2D eigenvalue weighted by Gasteiger charge is 2.09. The zero-order valence-corrected chi connectivity index (χ0v) is 10.3. The number of rotatable bonds is 5. The van der Waals surface area contributed by atoms with Crippen LogP contribution in [0.4, 0.5) is 10.3 Å². The summed E-state index contributed by atoms with van der Waals surface area (Å²) in [6, 6.07) is 0. The second kappa shape index (κ2) is 5.67. The average molecular weight is 252 g/mol. The summed E-state index contributed by atoms with van der Waals surface area (Å²) in [5, 5.41) is 5.75. The van der Waals surface area contributed by atoms with Crippen molar-refractivity contribution < 1.29 is 4.39 Å². The van der Waals surface area contributed by atoms with E-state index in [0.717, 1.165) is 18.0 Å². The van der Waals surface area contributed by atoms with Gasteiger partial charge >= 0.3 is 0 Å². The molecule has 2 heterocycles. The third kappa shape index (κ3) is 3.20. The van der Waals surface area contributed by atoms with E-state index in [1.54, 1.807) is 6.20 Å². The molecule has 4 nitrogen and oxygen atoms in total. The fraction of sp³-hybridized carbons (Fsp3) is 0.364. The van der Waals surface area contributed by atoms with Crippen molar-refractivity contribution in [3.05, 3.63) is 34.3 Å². The molecule has 0 spiro atoms. The normalized spacial score (nSPS) is 10.5. The number of thiazole rings is 1. The first-order valence-electron chi connectivity index (χ1n) is 5.43. The second-order valence-corrected chi connectivity index (χ2v) is 4.50. The van der Waals surface area contributed by atoms with E-state index in [1.807, 2.05) is 12.3 Å². The smallest absolute Gasteiger partial charge is 0.223 e. The Morgan fingerprint density at radius 3 is 3.00 bits per heavy atom. The topological polar surface area (TPSA) is 50.7 Å². The minimum Gasteiger partial charge on any atom is -0.354 e. The molecule has 0 aliphatic carbocycles. The van der Waals surface area contributed by atoms with Crippen LogP contribution in [0.5, 0.6) is 0 Å². The van der Waals surface area contributed by atoms with Gasteiger partial charge in [0.15, 0.2) is 5.82 Å². The van der Waals surface area contributed by atoms with Crippen LogP contribution in [0.3, 0.4) is 0 Å². The van der Waals surface area contributed by atoms with Gasteiger partial charge in [0, 0.05) is 24.5 Å². The molecular weight excluding hydrogens is 239 g/mol. The van der Waals surface area contributed by atoms with Crippen LogP contribution in [-0.4, -0.2) is 21.5 Å². The summed E-state index contributed by atoms with van der Waals surface area (Å²) >= 11 is 1.49. The Morgan fingerprint density at radius 1 is 1.41 bits per heavy atom. The van der Waals surface area contributed by atoms with Crippen molar-refractivity contribution in [2.45, 2.75) is 19.8 Å². The SMILES string of the molecule is CCCNc1ncc(F)c(Cc2nccs2)n1. The highest BCUT2D eigenvalue weighted by molar-refractivity contribution is 7.09. The van der Waals surface area contributed by atoms with E-state index in [-0.39, 0.29) is 5.82 Å². The summed E-state index contributed by atoms with van der Waals surface area (Å²) in [6.45, 7) is 2.83. The third-order valence-electron chi connectivity index (χ3n) is 2.15. The predicted molar refractivity (Wildman–Crippen MR) is 65.7 cm³/mol. The van der Waals surface area contributed by atoms with Crippen molar-refractivity contribution >= 4 is 17.3 Å². The van der Waals surface area contributed by atoms with Crippen LogP contribution < -0.4 is 5.32 Å². The largest absolute Gasteiger partial charge is 0.354 e. The summed E-state index contributed by atoms with van der Waals surface area (Å²) in [7, 11) is 0. The quantitative estimate of drug-likeness (QED) is 0.888. The molecule has 0 amide bonds. The maximum Gasteiger partial charge on any atom is 0.223 e. The number of hydrogen-bond acceptors (Lipinski definition) is 5. The lowest BCUT2D eigenvalue weighted by molar-refractivity contribution is 0.596. The number of halogens is 1. The van der Waals surface area contributed by atoms with Gasteiger partial charge in [-0.05, 0) is 6.42 Å². The van der Waals surface area contributed by atoms with Gasteiger partial charge in [-0.25, -0.2) is 19.3 Å². The predicted octanol–water partition coefficient (Wildman–Crippen LogP) is 2.48. The van der Waals surface area contributed by atoms with Crippen molar-refractivity contribution in [3.63, 3.8) is 0 Å². The molecule has 0 aliphatic rings. The van der Waals surface area contributed by atoms with Gasteiger partial charge in [0.25, 0.3) is 0 Å². The highest BCUT2D eigenvalue weighted by atomic mass is 32.1. The van der Waals surface area contributed by atoms with Crippen LogP contribution in [0.1, 0.15) is 24.0 Å². The zero-order chi connectivity index (χ0) is 12.1. The van der Waals surface area contributed by atoms with Crippen LogP contribution in [0.2, 0.25) is 0 Å². The molecule has 0 bridgehead atoms. The Labute approximate surface area is 103 Å². The molecule has 2 rings (SSSR count). The van der Waals surface area contributed by atoms with E-state index < -0.39 is 0 Å². The van der Waals surface area contributed by atoms with E-state index in [2.05, 4.69) is 20.3 Å². The van der Waals surface area contributed by atoms with Gasteiger partial charge < -0.3 is 5.32 Å². The van der Waals surface area contributed by atoms with Gasteiger partial charge in [0.2, 0.25) is 5.95 Å². The monoisotopic (exact) mass is 252 g/mol. The Kier molecular flexibility index (Phi) is 3.98. The van der Waals surface area contributed by atoms with Gasteiger partial charge in [-0.2, -0.15) is 0 Å². The summed E-state index contributed by atoms with van der Waals surface area (Å²) in [5.41, 5.74) is 0.383. The molecule has 0 unspecified atom stereocenters. The van der Waals surface area contributed by atoms with Crippen LogP contribution in [0, 0.1) is 5.82 Å². The van der Waals surface area contributed by atoms with Crippen molar-refractivity contribution in [1.82, 2.24) is 15.0 Å². The molecule has 0 saturated carbocycles. The maximum absolute atomic E-state index is 13.5. The lowest BCUT2D eigenvalue weighted by Gasteiger charge is -2.05. The van der Waals surface area contributed by atoms with E-state index in [1.165, 1.54) is 17.5 Å². The lowest BCUT2D eigenvalue weighted by atomic mass is 10.3. The van der Waals surface area contributed by atoms with Gasteiger partial charge in [0.05, 0.1) is 16.9 Å². The standard InChI is InChI=1S/C11H13FN4S/c1-2-3-14-11-15-7-8(12)9(16-11)6-10-13-4-5-17-10/h4-5,7H,2-3,6H2,1H3,(H,14,15,16). The Balaban J connectivity index is 2.14. The highest BCUT2D eigenvalue weighted by Crippen LogP contribution is 2.14. The minimum absolute atomic E-state index is 0.383. The van der Waals surface area contributed by atoms with Gasteiger partial charge in [-0.1, -0.05) is 6.92 Å². The van der Waals surface area contributed by atoms with Gasteiger partial charge in [-0.3, -0.25) is 0 Å². The minimum atomic E-state index is -0.387. The number of anilines is 1. The third-order valence-corrected chi connectivity index (χ3v) is 2.93. The molecule has 0 atom stereocenters. The first-order chi connectivity index (χ1) is 8.29. The summed E-state index contributed by atoms with van der Waals surface area (Å²) in [6.07, 6.45) is 4.29. The van der Waals surface area contributed by atoms with E-state index in [0.29, 0.717) is 18.1 Å². The number of nitrogens with zero attached hydrogens (tertiary/aromatic N) is 3. The van der Waals surface area contributed by atoms with Crippen LogP contribution in [0.25, 0.3) is 0 Å². The van der Waals surface area contributed by atoms with Crippen LogP contribution in [-0.2, 0) is 6.42 Å². The average Bonchev–Trinajstić information content (AvgIpc) is 2.83. The van der Waals surface area contributed by atoms with E-state index in [4.69, 9.17) is 0 Å². The number of nitrogens with one attached hydrogen (secondary N) is 1. The maximum atomic E-state index is 13.5. The van der Waals surface area contributed by atoms with E-state index >= 15 is 0 Å². The first kappa shape index (κ1) is 11.9. The number of hydrogen-bond donors (Lipinski definition) is 1. The van der Waals surface area contributed by atoms with Gasteiger partial charge in [0.1, 0.15) is 0 Å². The summed E-state index contributed by atoms with van der Waals surface area (Å²) in [4.78, 5) is 12.2. The molecular formula is C11H13FN4S. The van der Waals surface area contributed by atoms with Crippen LogP contribution in [0.15, 0.2) is 17.8 Å². The Hall–Kier alpha value is -1.56. The van der Waals surface area contributed by atoms with Crippen molar-refractivity contribution in [2.24, 2.45) is 0 Å². The molecule has 90 valence electrons. The molecule has 17 heavy (non-hydrogen) atoms. The molecule has 1 N–H and O–H groups in total. The second-order valence-electron chi connectivity index (χ2n) is 3.52. The molecule has 0 radical (unpaired) electrons. The summed E-state index contributed by atoms with van der Waals surface area (Å²) in [5.74, 6) is 0.0852. The zero-order valence-electron chi connectivity index (χ0n) is 9.48. The lowest BCUT2D eigenvalue weighted by Crippen LogP contribution is -2.07. The van der Waals surface area contributed by atoms with Crippen molar-refractivity contribution in [3.8, 4) is 0 Å². The van der Waals surface area contributed by atoms with E-state index in [9.17, 15) is 4.39 Å². The molecule has 0 aliphatic heterocycles. The Bertz CT molecular complexity index is 472. The van der Waals surface area contributed by atoms with Gasteiger partial charge in [-0.15, -0.1) is 11.3 Å². The molecule has 0 saturated heterocycles. The molecule has 2 aromatic heterocycles. The first-order valence-corrected chi connectivity index (χ1v) is 6.31. The molecule has 2 aromatic rings. The van der Waals surface area contributed by atoms with Crippen LogP contribution >= 0.6 is 11.3 Å². The Morgan fingerprint density at radius 2 is 2.29 bits per heavy atom. The van der Waals surface area contributed by atoms with Crippen molar-refractivity contribution in [2.75, 3.05) is 11.9 Å². The fourth-order valence-electron chi connectivity index (χ4n) is 1.33. The fourth-order valence-corrected chi connectivity index (χ4v) is 1.95. The molecule has 0 aromatic carbocycles. The molecule has 6 heteroatoms. The van der Waals surface area contributed by atoms with Crippen molar-refractivity contribution in [1.29, 1.82) is 0 Å². The molecule has 0 fully saturated rings. The number of aromatic nitrogens is 3. The summed E-state index contributed by atoms with van der Waals surface area (Å²) < 4.78 is 13.5.